The summed E-state index contributed by atoms with van der Waals surface area (Å²) in [5.74, 6) is 2.02. The van der Waals surface area contributed by atoms with Crippen molar-refractivity contribution in [2.45, 2.75) is 36.9 Å². The summed E-state index contributed by atoms with van der Waals surface area (Å²) in [6.45, 7) is 0. The molecule has 4 heteroatoms. The van der Waals surface area contributed by atoms with E-state index in [-0.39, 0.29) is 24.0 Å². The van der Waals surface area contributed by atoms with Gasteiger partial charge in [0.2, 0.25) is 0 Å². The zero-order chi connectivity index (χ0) is 49.8. The minimum Gasteiger partial charge on any atom is -0.485 e. The highest BCUT2D eigenvalue weighted by atomic mass is 16.5. The van der Waals surface area contributed by atoms with Crippen molar-refractivity contribution < 1.29 is 9.47 Å². The van der Waals surface area contributed by atoms with E-state index in [1.165, 1.54) is 77.5 Å². The predicted octanol–water partition coefficient (Wildman–Crippen LogP) is 17.9. The highest BCUT2D eigenvalue weighted by Gasteiger charge is 2.41. The monoisotopic (exact) mass is 974 g/mol. The highest BCUT2D eigenvalue weighted by molar-refractivity contribution is 6.10. The maximum absolute atomic E-state index is 6.83. The lowest BCUT2D eigenvalue weighted by Crippen LogP contribution is -2.27. The third-order valence-corrected chi connectivity index (χ3v) is 16.8. The number of benzene rings is 11. The molecule has 5 aliphatic rings. The molecule has 360 valence electrons. The van der Waals surface area contributed by atoms with Crippen LogP contribution in [0.2, 0.25) is 0 Å². The molecule has 0 radical (unpaired) electrons. The average Bonchev–Trinajstić information content (AvgIpc) is 3.83. The molecule has 17 rings (SSSR count). The topological polar surface area (TPSA) is 26.6 Å². The molecule has 0 saturated carbocycles. The van der Waals surface area contributed by atoms with Gasteiger partial charge in [-0.3, -0.25) is 0 Å². The van der Waals surface area contributed by atoms with Gasteiger partial charge in [0.1, 0.15) is 23.7 Å². The maximum atomic E-state index is 6.83. The Hall–Kier alpha value is -9.38. The molecule has 4 nitrogen and oxygen atoms in total. The summed E-state index contributed by atoms with van der Waals surface area (Å²) in [4.78, 5) is 2.43. The number of para-hydroxylation sites is 1. The second kappa shape index (κ2) is 17.1. The molecule has 2 atom stereocenters. The van der Waals surface area contributed by atoms with E-state index in [9.17, 15) is 0 Å². The van der Waals surface area contributed by atoms with Gasteiger partial charge < -0.3 is 18.9 Å². The van der Waals surface area contributed by atoms with Crippen LogP contribution in [0.5, 0.6) is 11.5 Å². The van der Waals surface area contributed by atoms with Crippen LogP contribution in [0.25, 0.3) is 49.7 Å². The molecule has 11 aromatic carbocycles. The minimum absolute atomic E-state index is 0.00697. The first-order valence-corrected chi connectivity index (χ1v) is 26.7. The van der Waals surface area contributed by atoms with Crippen LogP contribution in [0.15, 0.2) is 255 Å². The summed E-state index contributed by atoms with van der Waals surface area (Å²) >= 11 is 0. The van der Waals surface area contributed by atoms with Crippen molar-refractivity contribution in [3.05, 3.63) is 310 Å². The molecule has 0 aliphatic heterocycles. The van der Waals surface area contributed by atoms with E-state index in [0.29, 0.717) is 0 Å². The van der Waals surface area contributed by atoms with Gasteiger partial charge >= 0.3 is 0 Å². The fourth-order valence-corrected chi connectivity index (χ4v) is 13.2. The summed E-state index contributed by atoms with van der Waals surface area (Å²) < 4.78 is 16.0. The van der Waals surface area contributed by atoms with Crippen molar-refractivity contribution in [3.63, 3.8) is 0 Å². The van der Waals surface area contributed by atoms with E-state index in [1.807, 2.05) is 0 Å². The van der Waals surface area contributed by atoms with Crippen LogP contribution < -0.4 is 14.4 Å². The van der Waals surface area contributed by atoms with Crippen LogP contribution in [-0.4, -0.2) is 4.57 Å². The molecule has 0 spiro atoms. The van der Waals surface area contributed by atoms with Crippen LogP contribution in [0.1, 0.15) is 79.7 Å². The molecule has 1 heterocycles. The molecule has 76 heavy (non-hydrogen) atoms. The Morgan fingerprint density at radius 2 is 0.763 bits per heavy atom. The number of ether oxygens (including phenoxy) is 2. The van der Waals surface area contributed by atoms with Gasteiger partial charge in [0.15, 0.2) is 0 Å². The summed E-state index contributed by atoms with van der Waals surface area (Å²) in [5, 5.41) is 2.39. The SMILES string of the molecule is c1ccc(-c2ccc(N(c3ccc(-c4ccc5c(c4)c4ccccc4n5-c4cc(OC5Cc6ccccc65)cc(O[C@@H]5Cc6ccccc65)c4)cc3)c3ccc4c(c3)C3c5ccccc5C4c4ccccc43)cc2)cc1. The lowest BCUT2D eigenvalue weighted by atomic mass is 9.61. The standard InChI is InChI=1S/C72H50N2O2/c1-2-14-45(15-3-1)46-26-31-51(32-27-46)73(53-35-36-64-66(43-53)72-62-23-10-8-21-60(62)71(64)61-22-9-11-24-63(61)72)52-33-28-47(29-34-52)48-30-37-68-65(38-48)59-20-12-13-25-67(59)74(68)54-41-55(75-69-39-49-16-4-6-18-57(49)69)44-56(42-54)76-70-40-50-17-5-7-19-58(50)70/h1-38,41-44,69-72H,39-40H2/t69-,70?,71?,72?/m1/s1. The Labute approximate surface area is 442 Å². The highest BCUT2D eigenvalue weighted by Crippen LogP contribution is 2.57. The summed E-state index contributed by atoms with van der Waals surface area (Å²) in [6.07, 6.45) is 1.80. The maximum Gasteiger partial charge on any atom is 0.128 e. The molecule has 0 saturated heterocycles. The van der Waals surface area contributed by atoms with Crippen molar-refractivity contribution >= 4 is 38.9 Å². The molecule has 5 aliphatic carbocycles. The second-order valence-corrected chi connectivity index (χ2v) is 21.0. The van der Waals surface area contributed by atoms with Gasteiger partial charge in [-0.1, -0.05) is 182 Å². The molecule has 1 unspecified atom stereocenters. The third-order valence-electron chi connectivity index (χ3n) is 16.8. The Kier molecular flexibility index (Phi) is 9.68. The first-order valence-electron chi connectivity index (χ1n) is 26.7. The number of fused-ring (bicyclic) bond motifs is 5. The van der Waals surface area contributed by atoms with E-state index in [2.05, 4.69) is 264 Å². The molecular formula is C72H50N2O2. The normalized spacial score (nSPS) is 17.1. The molecule has 2 bridgehead atoms. The number of nitrogens with zero attached hydrogens (tertiary/aromatic N) is 2. The van der Waals surface area contributed by atoms with E-state index in [0.717, 1.165) is 69.3 Å². The predicted molar refractivity (Wildman–Crippen MR) is 308 cm³/mol. The third kappa shape index (κ3) is 6.83. The van der Waals surface area contributed by atoms with Crippen LogP contribution in [0, 0.1) is 0 Å². The Morgan fingerprint density at radius 3 is 1.36 bits per heavy atom. The van der Waals surface area contributed by atoms with Gasteiger partial charge in [0.25, 0.3) is 0 Å². The van der Waals surface area contributed by atoms with Crippen LogP contribution in [0.3, 0.4) is 0 Å². The van der Waals surface area contributed by atoms with Crippen LogP contribution in [-0.2, 0) is 12.8 Å². The van der Waals surface area contributed by atoms with E-state index >= 15 is 0 Å². The molecule has 12 aromatic rings. The molecular weight excluding hydrogens is 925 g/mol. The quantitative estimate of drug-likeness (QED) is 0.137. The molecule has 1 aromatic heterocycles. The smallest absolute Gasteiger partial charge is 0.128 e. The lowest BCUT2D eigenvalue weighted by Gasteiger charge is -2.42. The van der Waals surface area contributed by atoms with Gasteiger partial charge in [-0.25, -0.2) is 0 Å². The number of aromatic nitrogens is 1. The summed E-state index contributed by atoms with van der Waals surface area (Å²) in [6, 6.07) is 93.6. The van der Waals surface area contributed by atoms with Gasteiger partial charge in [0.05, 0.1) is 16.7 Å². The number of hydrogen-bond donors (Lipinski definition) is 0. The van der Waals surface area contributed by atoms with Crippen LogP contribution >= 0.6 is 0 Å². The van der Waals surface area contributed by atoms with Crippen molar-refractivity contribution in [1.82, 2.24) is 4.57 Å². The Morgan fingerprint density at radius 1 is 0.316 bits per heavy atom. The van der Waals surface area contributed by atoms with Crippen molar-refractivity contribution in [3.8, 4) is 39.4 Å². The molecule has 0 fully saturated rings. The lowest BCUT2D eigenvalue weighted by molar-refractivity contribution is 0.170. The Bertz CT molecular complexity index is 4150. The fourth-order valence-electron chi connectivity index (χ4n) is 13.2. The first kappa shape index (κ1) is 43.1. The van der Waals surface area contributed by atoms with Crippen molar-refractivity contribution in [1.29, 1.82) is 0 Å². The second-order valence-electron chi connectivity index (χ2n) is 21.0. The largest absolute Gasteiger partial charge is 0.485 e. The van der Waals surface area contributed by atoms with Crippen molar-refractivity contribution in [2.24, 2.45) is 0 Å². The van der Waals surface area contributed by atoms with E-state index < -0.39 is 0 Å². The van der Waals surface area contributed by atoms with Gasteiger partial charge in [-0.05, 0) is 132 Å². The summed E-state index contributed by atoms with van der Waals surface area (Å²) in [5.41, 5.74) is 25.1. The first-order chi connectivity index (χ1) is 37.6. The molecule has 0 amide bonds. The fraction of sp³-hybridized carbons (Fsp3) is 0.0833. The van der Waals surface area contributed by atoms with Gasteiger partial charge in [-0.15, -0.1) is 0 Å². The number of hydrogen-bond acceptors (Lipinski definition) is 3. The van der Waals surface area contributed by atoms with Crippen LogP contribution in [0.4, 0.5) is 17.1 Å². The number of anilines is 3. The summed E-state index contributed by atoms with van der Waals surface area (Å²) in [7, 11) is 0. The van der Waals surface area contributed by atoms with E-state index in [4.69, 9.17) is 9.47 Å². The van der Waals surface area contributed by atoms with Crippen molar-refractivity contribution in [2.75, 3.05) is 4.90 Å². The Balaban J connectivity index is 0.775. The average molecular weight is 975 g/mol. The minimum atomic E-state index is 0.00697. The van der Waals surface area contributed by atoms with Gasteiger partial charge in [0, 0.05) is 70.7 Å². The molecule has 0 N–H and O–H groups in total. The van der Waals surface area contributed by atoms with Gasteiger partial charge in [-0.2, -0.15) is 0 Å². The zero-order valence-electron chi connectivity index (χ0n) is 41.7. The zero-order valence-corrected chi connectivity index (χ0v) is 41.7. The number of rotatable bonds is 10. The van der Waals surface area contributed by atoms with E-state index in [1.54, 1.807) is 0 Å².